The molecule has 8 aromatic rings. The van der Waals surface area contributed by atoms with E-state index in [1.165, 1.54) is 3.97 Å². The second-order valence-corrected chi connectivity index (χ2v) is 13.1. The molecule has 3 aromatic carbocycles. The molecule has 0 bridgehead atoms. The van der Waals surface area contributed by atoms with Gasteiger partial charge in [-0.05, 0) is 71.8 Å². The number of H-pyrrole nitrogens is 1. The number of hydrogen-bond donors (Lipinski definition) is 1. The van der Waals surface area contributed by atoms with E-state index in [1.54, 1.807) is 83.6 Å². The van der Waals surface area contributed by atoms with Crippen LogP contribution < -0.4 is 18.9 Å². The van der Waals surface area contributed by atoms with Gasteiger partial charge in [-0.3, -0.25) is 4.98 Å². The van der Waals surface area contributed by atoms with E-state index in [2.05, 4.69) is 19.9 Å². The second-order valence-electron chi connectivity index (χ2n) is 11.3. The fourth-order valence-electron chi connectivity index (χ4n) is 6.04. The summed E-state index contributed by atoms with van der Waals surface area (Å²) in [5, 5.41) is 2.55. The first-order valence-electron chi connectivity index (χ1n) is 15.8. The van der Waals surface area contributed by atoms with Crippen LogP contribution >= 0.6 is 0 Å². The zero-order chi connectivity index (χ0) is 35.5. The van der Waals surface area contributed by atoms with Crippen LogP contribution in [0.1, 0.15) is 0 Å². The minimum atomic E-state index is -3.97. The Bertz CT molecular complexity index is 2630. The largest absolute Gasteiger partial charge is 0.493 e. The highest BCUT2D eigenvalue weighted by Crippen LogP contribution is 2.38. The lowest BCUT2D eigenvalue weighted by molar-refractivity contribution is 0.355. The third-order valence-corrected chi connectivity index (χ3v) is 10.2. The van der Waals surface area contributed by atoms with Gasteiger partial charge in [0.15, 0.2) is 28.6 Å². The van der Waals surface area contributed by atoms with Crippen LogP contribution in [-0.2, 0) is 10.0 Å². The molecule has 0 fully saturated rings. The van der Waals surface area contributed by atoms with Gasteiger partial charge in [-0.2, -0.15) is 0 Å². The average molecular weight is 700 g/mol. The number of para-hydroxylation sites is 1. The first-order valence-corrected chi connectivity index (χ1v) is 17.2. The van der Waals surface area contributed by atoms with Gasteiger partial charge in [0.2, 0.25) is 0 Å². The molecule has 51 heavy (non-hydrogen) atoms. The molecule has 0 amide bonds. The minimum Gasteiger partial charge on any atom is -0.493 e. The Morgan fingerprint density at radius 1 is 0.608 bits per heavy atom. The van der Waals surface area contributed by atoms with E-state index in [0.717, 1.165) is 44.6 Å². The first kappa shape index (κ1) is 33.1. The lowest BCUT2D eigenvalue weighted by Crippen LogP contribution is -2.13. The normalized spacial score (nSPS) is 11.3. The Morgan fingerprint density at radius 3 is 1.88 bits per heavy atom. The molecule has 0 saturated carbocycles. The summed E-state index contributed by atoms with van der Waals surface area (Å²) in [7, 11) is 2.42. The van der Waals surface area contributed by atoms with Gasteiger partial charge in [0, 0.05) is 58.3 Å². The standard InChI is InChI=1S/C24H19N3O4S.C15H14N2O2/c1-30-20-11-10-17(14-21(20)31-2)19-15-27(24-18(19)8-5-13-26-24)32(28,29)22-9-3-6-16-7-4-12-25-23(16)22;1-18-13-6-5-10(8-14(13)19-2)12-9-17-15-11(12)4-3-7-16-15/h3-15H,1-2H3;3-9H,1-2H3,(H,16,17). The zero-order valence-corrected chi connectivity index (χ0v) is 29.0. The Kier molecular flexibility index (Phi) is 8.99. The molecule has 0 aliphatic heterocycles. The van der Waals surface area contributed by atoms with E-state index in [4.69, 9.17) is 18.9 Å². The molecule has 0 spiro atoms. The van der Waals surface area contributed by atoms with Crippen molar-refractivity contribution in [3.8, 4) is 45.3 Å². The smallest absolute Gasteiger partial charge is 0.271 e. The molecule has 0 aliphatic rings. The van der Waals surface area contributed by atoms with Gasteiger partial charge < -0.3 is 23.9 Å². The molecule has 0 radical (unpaired) electrons. The van der Waals surface area contributed by atoms with Gasteiger partial charge in [0.05, 0.1) is 34.0 Å². The van der Waals surface area contributed by atoms with E-state index >= 15 is 0 Å². The summed E-state index contributed by atoms with van der Waals surface area (Å²) >= 11 is 0. The molecule has 256 valence electrons. The fraction of sp³-hybridized carbons (Fsp3) is 0.103. The molecule has 0 saturated heterocycles. The highest BCUT2D eigenvalue weighted by molar-refractivity contribution is 7.90. The Balaban J connectivity index is 0.000000182. The molecule has 0 aliphatic carbocycles. The molecule has 11 nitrogen and oxygen atoms in total. The number of hydrogen-bond acceptors (Lipinski definition) is 9. The monoisotopic (exact) mass is 699 g/mol. The lowest BCUT2D eigenvalue weighted by Gasteiger charge is -2.09. The fourth-order valence-corrected chi connectivity index (χ4v) is 7.53. The summed E-state index contributed by atoms with van der Waals surface area (Å²) in [5.41, 5.74) is 5.30. The van der Waals surface area contributed by atoms with Crippen molar-refractivity contribution < 1.29 is 27.4 Å². The zero-order valence-electron chi connectivity index (χ0n) is 28.2. The average Bonchev–Trinajstić information content (AvgIpc) is 3.80. The first-order chi connectivity index (χ1) is 24.9. The van der Waals surface area contributed by atoms with Crippen LogP contribution in [0.3, 0.4) is 0 Å². The quantitative estimate of drug-likeness (QED) is 0.169. The summed E-state index contributed by atoms with van der Waals surface area (Å²) < 4.78 is 50.1. The molecule has 5 heterocycles. The second kappa shape index (κ2) is 13.8. The number of aromatic nitrogens is 5. The maximum absolute atomic E-state index is 13.8. The van der Waals surface area contributed by atoms with Crippen molar-refractivity contribution in [1.29, 1.82) is 0 Å². The predicted octanol–water partition coefficient (Wildman–Crippen LogP) is 7.75. The molecule has 0 atom stereocenters. The lowest BCUT2D eigenvalue weighted by atomic mass is 10.1. The van der Waals surface area contributed by atoms with Crippen LogP contribution in [0, 0.1) is 0 Å². The van der Waals surface area contributed by atoms with E-state index < -0.39 is 10.0 Å². The Morgan fingerprint density at radius 2 is 1.20 bits per heavy atom. The van der Waals surface area contributed by atoms with E-state index in [-0.39, 0.29) is 4.90 Å². The minimum absolute atomic E-state index is 0.122. The van der Waals surface area contributed by atoms with Crippen molar-refractivity contribution in [2.45, 2.75) is 4.90 Å². The summed E-state index contributed by atoms with van der Waals surface area (Å²) in [5.74, 6) is 2.59. The van der Waals surface area contributed by atoms with Crippen molar-refractivity contribution in [2.24, 2.45) is 0 Å². The van der Waals surface area contributed by atoms with E-state index in [9.17, 15) is 8.42 Å². The van der Waals surface area contributed by atoms with Crippen molar-refractivity contribution in [2.75, 3.05) is 28.4 Å². The van der Waals surface area contributed by atoms with Crippen LogP contribution in [0.4, 0.5) is 0 Å². The highest BCUT2D eigenvalue weighted by Gasteiger charge is 2.25. The van der Waals surface area contributed by atoms with Crippen molar-refractivity contribution in [3.63, 3.8) is 0 Å². The molecule has 5 aromatic heterocycles. The number of ether oxygens (including phenoxy) is 4. The number of nitrogens with zero attached hydrogens (tertiary/aromatic N) is 4. The number of rotatable bonds is 8. The van der Waals surface area contributed by atoms with Gasteiger partial charge in [0.1, 0.15) is 10.5 Å². The summed E-state index contributed by atoms with van der Waals surface area (Å²) in [6.07, 6.45) is 8.49. The maximum Gasteiger partial charge on any atom is 0.271 e. The van der Waals surface area contributed by atoms with Crippen molar-refractivity contribution >= 4 is 43.0 Å². The Hall–Kier alpha value is -6.40. The molecular weight excluding hydrogens is 667 g/mol. The van der Waals surface area contributed by atoms with Gasteiger partial charge in [0.25, 0.3) is 10.0 Å². The summed E-state index contributed by atoms with van der Waals surface area (Å²) in [6.45, 7) is 0. The number of benzene rings is 3. The highest BCUT2D eigenvalue weighted by atomic mass is 32.2. The van der Waals surface area contributed by atoms with E-state index in [1.807, 2.05) is 66.9 Å². The summed E-state index contributed by atoms with van der Waals surface area (Å²) in [6, 6.07) is 27.7. The Labute approximate surface area is 294 Å². The third-order valence-electron chi connectivity index (χ3n) is 8.50. The van der Waals surface area contributed by atoms with Gasteiger partial charge in [-0.15, -0.1) is 0 Å². The number of pyridine rings is 3. The maximum atomic E-state index is 13.8. The van der Waals surface area contributed by atoms with Crippen molar-refractivity contribution in [3.05, 3.63) is 122 Å². The van der Waals surface area contributed by atoms with Gasteiger partial charge >= 0.3 is 0 Å². The number of fused-ring (bicyclic) bond motifs is 3. The number of aromatic amines is 1. The SMILES string of the molecule is COc1ccc(-c2c[nH]c3ncccc23)cc1OC.COc1ccc(-c2cn(S(=O)(=O)c3cccc4cccnc34)c3ncccc23)cc1OC. The molecule has 0 unspecified atom stereocenters. The van der Waals surface area contributed by atoms with Gasteiger partial charge in [-0.25, -0.2) is 22.4 Å². The van der Waals surface area contributed by atoms with Crippen LogP contribution in [-0.4, -0.2) is 60.8 Å². The predicted molar refractivity (Wildman–Crippen MR) is 197 cm³/mol. The molecular formula is C39H33N5O6S. The van der Waals surface area contributed by atoms with Crippen molar-refractivity contribution in [1.82, 2.24) is 23.9 Å². The summed E-state index contributed by atoms with van der Waals surface area (Å²) in [4.78, 5) is 16.3. The molecule has 12 heteroatoms. The van der Waals surface area contributed by atoms with Crippen LogP contribution in [0.5, 0.6) is 23.0 Å². The number of methoxy groups -OCH3 is 4. The van der Waals surface area contributed by atoms with Gasteiger partial charge in [-0.1, -0.05) is 30.3 Å². The molecule has 1 N–H and O–H groups in total. The molecule has 8 rings (SSSR count). The van der Waals surface area contributed by atoms with Crippen LogP contribution in [0.15, 0.2) is 127 Å². The van der Waals surface area contributed by atoms with Crippen LogP contribution in [0.25, 0.3) is 55.2 Å². The van der Waals surface area contributed by atoms with E-state index in [0.29, 0.717) is 33.6 Å². The number of nitrogens with one attached hydrogen (secondary N) is 1. The van der Waals surface area contributed by atoms with Crippen LogP contribution in [0.2, 0.25) is 0 Å². The topological polar surface area (TPSA) is 130 Å². The third kappa shape index (κ3) is 6.06.